The van der Waals surface area contributed by atoms with Gasteiger partial charge in [-0.1, -0.05) is 34.5 Å². The molecule has 0 aliphatic rings. The van der Waals surface area contributed by atoms with Crippen molar-refractivity contribution in [1.82, 2.24) is 5.32 Å². The Labute approximate surface area is 131 Å². The van der Waals surface area contributed by atoms with Crippen LogP contribution in [0.3, 0.4) is 0 Å². The van der Waals surface area contributed by atoms with Crippen LogP contribution in [-0.4, -0.2) is 6.54 Å². The van der Waals surface area contributed by atoms with Crippen molar-refractivity contribution in [2.45, 2.75) is 13.5 Å². The minimum atomic E-state index is -0.383. The second-order valence-electron chi connectivity index (χ2n) is 4.21. The molecule has 2 rings (SSSR count). The molecule has 0 heterocycles. The van der Waals surface area contributed by atoms with Crippen LogP contribution in [0.15, 0.2) is 40.9 Å². The van der Waals surface area contributed by atoms with Crippen LogP contribution in [0.1, 0.15) is 12.5 Å². The fourth-order valence-corrected chi connectivity index (χ4v) is 2.34. The van der Waals surface area contributed by atoms with Crippen molar-refractivity contribution in [2.75, 3.05) is 6.54 Å². The predicted molar refractivity (Wildman–Crippen MR) is 83.0 cm³/mol. The van der Waals surface area contributed by atoms with Crippen LogP contribution >= 0.6 is 27.5 Å². The second kappa shape index (κ2) is 7.07. The Kier molecular flexibility index (Phi) is 5.40. The van der Waals surface area contributed by atoms with Gasteiger partial charge in [-0.25, -0.2) is 4.39 Å². The van der Waals surface area contributed by atoms with Gasteiger partial charge in [0.1, 0.15) is 17.3 Å². The maximum atomic E-state index is 13.0. The highest BCUT2D eigenvalue weighted by Crippen LogP contribution is 2.32. The van der Waals surface area contributed by atoms with E-state index in [1.165, 1.54) is 18.2 Å². The van der Waals surface area contributed by atoms with E-state index in [-0.39, 0.29) is 10.8 Å². The van der Waals surface area contributed by atoms with Gasteiger partial charge in [0.25, 0.3) is 0 Å². The van der Waals surface area contributed by atoms with Gasteiger partial charge in [0.05, 0.1) is 5.02 Å². The molecule has 0 amide bonds. The first-order valence-electron chi connectivity index (χ1n) is 6.22. The minimum Gasteiger partial charge on any atom is -0.455 e. The third-order valence-electron chi connectivity index (χ3n) is 2.70. The summed E-state index contributed by atoms with van der Waals surface area (Å²) in [5.41, 5.74) is 1.00. The number of ether oxygens (including phenoxy) is 1. The van der Waals surface area contributed by atoms with Gasteiger partial charge in [0.15, 0.2) is 0 Å². The third-order valence-corrected chi connectivity index (χ3v) is 3.49. The fraction of sp³-hybridized carbons (Fsp3) is 0.200. The molecule has 20 heavy (non-hydrogen) atoms. The van der Waals surface area contributed by atoms with E-state index >= 15 is 0 Å². The van der Waals surface area contributed by atoms with Crippen molar-refractivity contribution in [2.24, 2.45) is 0 Å². The lowest BCUT2D eigenvalue weighted by Gasteiger charge is -2.13. The molecule has 0 bridgehead atoms. The highest BCUT2D eigenvalue weighted by Gasteiger charge is 2.09. The summed E-state index contributed by atoms with van der Waals surface area (Å²) < 4.78 is 19.8. The fourth-order valence-electron chi connectivity index (χ4n) is 1.72. The molecule has 0 saturated carbocycles. The Hall–Kier alpha value is -1.10. The van der Waals surface area contributed by atoms with E-state index in [1.807, 2.05) is 25.1 Å². The standard InChI is InChI=1S/C15H14BrClFNO/c1-2-19-9-10-7-11(16)3-5-14(10)20-15-6-4-12(18)8-13(15)17/h3-8,19H,2,9H2,1H3. The monoisotopic (exact) mass is 357 g/mol. The zero-order chi connectivity index (χ0) is 14.5. The highest BCUT2D eigenvalue weighted by molar-refractivity contribution is 9.10. The van der Waals surface area contributed by atoms with Gasteiger partial charge in [0, 0.05) is 16.6 Å². The molecule has 0 radical (unpaired) electrons. The van der Waals surface area contributed by atoms with Crippen LogP contribution in [0.25, 0.3) is 0 Å². The van der Waals surface area contributed by atoms with Crippen LogP contribution < -0.4 is 10.1 Å². The smallest absolute Gasteiger partial charge is 0.146 e. The number of hydrogen-bond acceptors (Lipinski definition) is 2. The molecule has 0 saturated heterocycles. The van der Waals surface area contributed by atoms with Crippen molar-refractivity contribution in [3.63, 3.8) is 0 Å². The molecule has 0 unspecified atom stereocenters. The van der Waals surface area contributed by atoms with E-state index in [0.29, 0.717) is 18.0 Å². The molecule has 5 heteroatoms. The second-order valence-corrected chi connectivity index (χ2v) is 5.53. The summed E-state index contributed by atoms with van der Waals surface area (Å²) in [5.74, 6) is 0.752. The lowest BCUT2D eigenvalue weighted by Crippen LogP contribution is -2.12. The van der Waals surface area contributed by atoms with Gasteiger partial charge >= 0.3 is 0 Å². The molecule has 0 aliphatic heterocycles. The predicted octanol–water partition coefficient (Wildman–Crippen LogP) is 5.14. The van der Waals surface area contributed by atoms with Crippen LogP contribution in [0.5, 0.6) is 11.5 Å². The van der Waals surface area contributed by atoms with Crippen molar-refractivity contribution in [3.05, 3.63) is 57.3 Å². The van der Waals surface area contributed by atoms with Gasteiger partial charge in [0.2, 0.25) is 0 Å². The zero-order valence-electron chi connectivity index (χ0n) is 10.9. The number of hydrogen-bond donors (Lipinski definition) is 1. The van der Waals surface area contributed by atoms with E-state index in [0.717, 1.165) is 16.6 Å². The van der Waals surface area contributed by atoms with Crippen LogP contribution in [0.4, 0.5) is 4.39 Å². The Bertz CT molecular complexity index is 606. The average molecular weight is 359 g/mol. The first-order valence-corrected chi connectivity index (χ1v) is 7.39. The number of rotatable bonds is 5. The van der Waals surface area contributed by atoms with E-state index in [1.54, 1.807) is 0 Å². The Morgan fingerprint density at radius 3 is 2.65 bits per heavy atom. The molecule has 0 fully saturated rings. The summed E-state index contributed by atoms with van der Waals surface area (Å²) in [4.78, 5) is 0. The molecule has 2 aromatic rings. The van der Waals surface area contributed by atoms with E-state index in [9.17, 15) is 4.39 Å². The lowest BCUT2D eigenvalue weighted by molar-refractivity contribution is 0.471. The summed E-state index contributed by atoms with van der Waals surface area (Å²) in [6, 6.07) is 9.81. The summed E-state index contributed by atoms with van der Waals surface area (Å²) >= 11 is 9.42. The van der Waals surface area contributed by atoms with Crippen molar-refractivity contribution >= 4 is 27.5 Å². The first-order chi connectivity index (χ1) is 9.60. The maximum Gasteiger partial charge on any atom is 0.146 e. The van der Waals surface area contributed by atoms with Gasteiger partial charge < -0.3 is 10.1 Å². The third kappa shape index (κ3) is 3.95. The van der Waals surface area contributed by atoms with Gasteiger partial charge in [-0.2, -0.15) is 0 Å². The molecule has 1 N–H and O–H groups in total. The van der Waals surface area contributed by atoms with E-state index in [2.05, 4.69) is 21.2 Å². The molecule has 2 nitrogen and oxygen atoms in total. The van der Waals surface area contributed by atoms with Crippen molar-refractivity contribution < 1.29 is 9.13 Å². The average Bonchev–Trinajstić information content (AvgIpc) is 2.41. The Morgan fingerprint density at radius 1 is 1.20 bits per heavy atom. The summed E-state index contributed by atoms with van der Waals surface area (Å²) in [7, 11) is 0. The number of halogens is 3. The van der Waals surface area contributed by atoms with Crippen molar-refractivity contribution in [3.8, 4) is 11.5 Å². The summed E-state index contributed by atoms with van der Waals surface area (Å²) in [6.07, 6.45) is 0. The molecule has 0 aromatic heterocycles. The lowest BCUT2D eigenvalue weighted by atomic mass is 10.2. The molecule has 106 valence electrons. The van der Waals surface area contributed by atoms with Gasteiger partial charge in [-0.3, -0.25) is 0 Å². The van der Waals surface area contributed by atoms with Crippen LogP contribution in [0.2, 0.25) is 5.02 Å². The van der Waals surface area contributed by atoms with Gasteiger partial charge in [-0.15, -0.1) is 0 Å². The molecule has 0 spiro atoms. The van der Waals surface area contributed by atoms with Gasteiger partial charge in [-0.05, 0) is 42.9 Å². The maximum absolute atomic E-state index is 13.0. The van der Waals surface area contributed by atoms with E-state index in [4.69, 9.17) is 16.3 Å². The molecular weight excluding hydrogens is 345 g/mol. The van der Waals surface area contributed by atoms with Crippen LogP contribution in [-0.2, 0) is 6.54 Å². The minimum absolute atomic E-state index is 0.252. The van der Waals surface area contributed by atoms with E-state index < -0.39 is 0 Å². The topological polar surface area (TPSA) is 21.3 Å². The quantitative estimate of drug-likeness (QED) is 0.798. The SMILES string of the molecule is CCNCc1cc(Br)ccc1Oc1ccc(F)cc1Cl. The normalized spacial score (nSPS) is 10.6. The number of nitrogens with one attached hydrogen (secondary N) is 1. The number of benzene rings is 2. The zero-order valence-corrected chi connectivity index (χ0v) is 13.3. The molecule has 0 atom stereocenters. The highest BCUT2D eigenvalue weighted by atomic mass is 79.9. The molecular formula is C15H14BrClFNO. The first kappa shape index (κ1) is 15.3. The van der Waals surface area contributed by atoms with Crippen LogP contribution in [0, 0.1) is 5.82 Å². The summed E-state index contributed by atoms with van der Waals surface area (Å²) in [6.45, 7) is 3.59. The largest absolute Gasteiger partial charge is 0.455 e. The molecule has 2 aromatic carbocycles. The van der Waals surface area contributed by atoms with Crippen molar-refractivity contribution in [1.29, 1.82) is 0 Å². The molecule has 0 aliphatic carbocycles. The Balaban J connectivity index is 2.27. The summed E-state index contributed by atoms with van der Waals surface area (Å²) in [5, 5.41) is 3.50. The Morgan fingerprint density at radius 2 is 1.95 bits per heavy atom.